The number of aromatic nitrogens is 1. The van der Waals surface area contributed by atoms with E-state index in [-0.39, 0.29) is 11.2 Å². The molecule has 1 atom stereocenters. The maximum atomic E-state index is 12.6. The summed E-state index contributed by atoms with van der Waals surface area (Å²) in [6, 6.07) is 17.9. The van der Waals surface area contributed by atoms with Gasteiger partial charge in [0.05, 0.1) is 15.8 Å². The second-order valence-electron chi connectivity index (χ2n) is 6.12. The van der Waals surface area contributed by atoms with E-state index in [1.807, 2.05) is 37.3 Å². The molecular formula is C21H22N2OS. The van der Waals surface area contributed by atoms with E-state index in [0.717, 1.165) is 28.2 Å². The van der Waals surface area contributed by atoms with Crippen LogP contribution in [0.2, 0.25) is 0 Å². The Hall–Kier alpha value is -2.33. The Bertz CT molecular complexity index is 893. The van der Waals surface area contributed by atoms with Crippen LogP contribution in [0, 0.1) is 13.8 Å². The number of benzene rings is 2. The number of carbonyl (C=O) groups is 1. The van der Waals surface area contributed by atoms with Crippen molar-refractivity contribution in [3.63, 3.8) is 0 Å². The minimum Gasteiger partial charge on any atom is -0.325 e. The van der Waals surface area contributed by atoms with Crippen molar-refractivity contribution in [1.29, 1.82) is 0 Å². The van der Waals surface area contributed by atoms with E-state index in [2.05, 4.69) is 43.4 Å². The number of thioether (sulfide) groups is 1. The number of rotatable bonds is 5. The van der Waals surface area contributed by atoms with E-state index in [1.165, 1.54) is 22.7 Å². The Balaban J connectivity index is 1.83. The molecule has 3 rings (SSSR count). The lowest BCUT2D eigenvalue weighted by Crippen LogP contribution is -2.24. The summed E-state index contributed by atoms with van der Waals surface area (Å²) in [7, 11) is 0. The van der Waals surface area contributed by atoms with E-state index in [4.69, 9.17) is 4.98 Å². The van der Waals surface area contributed by atoms with E-state index in [0.29, 0.717) is 0 Å². The van der Waals surface area contributed by atoms with Gasteiger partial charge < -0.3 is 5.32 Å². The van der Waals surface area contributed by atoms with Gasteiger partial charge in [0.2, 0.25) is 5.91 Å². The number of hydrogen-bond donors (Lipinski definition) is 1. The number of nitrogens with zero attached hydrogens (tertiary/aromatic N) is 1. The number of amides is 1. The summed E-state index contributed by atoms with van der Waals surface area (Å²) in [4.78, 5) is 17.4. The van der Waals surface area contributed by atoms with Crippen LogP contribution < -0.4 is 5.32 Å². The first-order chi connectivity index (χ1) is 12.1. The lowest BCUT2D eigenvalue weighted by molar-refractivity contribution is -0.115. The predicted octanol–water partition coefficient (Wildman–Crippen LogP) is 5.36. The molecule has 25 heavy (non-hydrogen) atoms. The van der Waals surface area contributed by atoms with E-state index in [9.17, 15) is 4.79 Å². The van der Waals surface area contributed by atoms with Crippen LogP contribution in [0.15, 0.2) is 59.6 Å². The molecule has 1 heterocycles. The first-order valence-electron chi connectivity index (χ1n) is 8.48. The van der Waals surface area contributed by atoms with Crippen LogP contribution in [0.5, 0.6) is 0 Å². The zero-order valence-corrected chi connectivity index (χ0v) is 15.6. The largest absolute Gasteiger partial charge is 0.325 e. The van der Waals surface area contributed by atoms with Gasteiger partial charge in [-0.05, 0) is 49.6 Å². The molecule has 0 bridgehead atoms. The molecule has 0 saturated heterocycles. The van der Waals surface area contributed by atoms with Gasteiger partial charge in [-0.1, -0.05) is 55.1 Å². The average Bonchev–Trinajstić information content (AvgIpc) is 2.61. The van der Waals surface area contributed by atoms with Crippen molar-refractivity contribution in [2.45, 2.75) is 37.5 Å². The third-order valence-electron chi connectivity index (χ3n) is 4.19. The van der Waals surface area contributed by atoms with Crippen molar-refractivity contribution >= 4 is 34.3 Å². The molecular weight excluding hydrogens is 328 g/mol. The maximum absolute atomic E-state index is 12.6. The number of para-hydroxylation sites is 2. The summed E-state index contributed by atoms with van der Waals surface area (Å²) in [5, 5.41) is 4.89. The Kier molecular flexibility index (Phi) is 5.39. The van der Waals surface area contributed by atoms with Gasteiger partial charge in [0.15, 0.2) is 0 Å². The number of carbonyl (C=O) groups excluding carboxylic acids is 1. The fourth-order valence-corrected chi connectivity index (χ4v) is 3.82. The van der Waals surface area contributed by atoms with Gasteiger partial charge in [0.25, 0.3) is 0 Å². The van der Waals surface area contributed by atoms with Crippen LogP contribution in [0.1, 0.15) is 24.5 Å². The van der Waals surface area contributed by atoms with E-state index >= 15 is 0 Å². The number of pyridine rings is 1. The summed E-state index contributed by atoms with van der Waals surface area (Å²) < 4.78 is 0. The first-order valence-corrected chi connectivity index (χ1v) is 9.36. The monoisotopic (exact) mass is 350 g/mol. The third-order valence-corrected chi connectivity index (χ3v) is 5.47. The molecule has 0 fully saturated rings. The highest BCUT2D eigenvalue weighted by atomic mass is 32.2. The van der Waals surface area contributed by atoms with Gasteiger partial charge in [-0.25, -0.2) is 4.98 Å². The van der Waals surface area contributed by atoms with Crippen molar-refractivity contribution < 1.29 is 4.79 Å². The molecule has 0 aliphatic heterocycles. The zero-order valence-electron chi connectivity index (χ0n) is 14.7. The summed E-state index contributed by atoms with van der Waals surface area (Å²) in [5.74, 6) is 0.0167. The fraction of sp³-hybridized carbons (Fsp3) is 0.238. The van der Waals surface area contributed by atoms with Crippen LogP contribution >= 0.6 is 11.8 Å². The van der Waals surface area contributed by atoms with Gasteiger partial charge in [-0.15, -0.1) is 0 Å². The van der Waals surface area contributed by atoms with Crippen LogP contribution in [-0.2, 0) is 4.79 Å². The average molecular weight is 350 g/mol. The number of nitrogens with one attached hydrogen (secondary N) is 1. The molecule has 0 radical (unpaired) electrons. The second kappa shape index (κ2) is 7.70. The summed E-state index contributed by atoms with van der Waals surface area (Å²) in [6.45, 7) is 6.20. The Labute approximate surface area is 152 Å². The third kappa shape index (κ3) is 4.02. The molecule has 3 nitrogen and oxygen atoms in total. The number of fused-ring (bicyclic) bond motifs is 1. The molecule has 0 spiro atoms. The van der Waals surface area contributed by atoms with Crippen LogP contribution in [0.25, 0.3) is 10.9 Å². The van der Waals surface area contributed by atoms with Crippen molar-refractivity contribution in [2.24, 2.45) is 0 Å². The molecule has 0 aliphatic rings. The minimum atomic E-state index is -0.173. The quantitative estimate of drug-likeness (QED) is 0.630. The fourth-order valence-electron chi connectivity index (χ4n) is 2.80. The highest BCUT2D eigenvalue weighted by molar-refractivity contribution is 8.00. The molecule has 128 valence electrons. The molecule has 4 heteroatoms. The van der Waals surface area contributed by atoms with Gasteiger partial charge in [0.1, 0.15) is 0 Å². The first kappa shape index (κ1) is 17.5. The molecule has 2 aromatic carbocycles. The standard InChI is InChI=1S/C21H22N2OS/c1-4-18(21(24)22-16-10-6-5-7-11-16)25-19-13-15(3)17-12-8-9-14(2)20(17)23-19/h5-13,18H,4H2,1-3H3,(H,22,24). The zero-order chi connectivity index (χ0) is 17.8. The predicted molar refractivity (Wildman–Crippen MR) is 106 cm³/mol. The van der Waals surface area contributed by atoms with Gasteiger partial charge in [-0.2, -0.15) is 0 Å². The Morgan fingerprint density at radius 1 is 1.08 bits per heavy atom. The van der Waals surface area contributed by atoms with Crippen LogP contribution in [0.4, 0.5) is 5.69 Å². The highest BCUT2D eigenvalue weighted by Gasteiger charge is 2.19. The molecule has 1 N–H and O–H groups in total. The molecule has 1 aromatic heterocycles. The Morgan fingerprint density at radius 2 is 1.84 bits per heavy atom. The lowest BCUT2D eigenvalue weighted by Gasteiger charge is -2.15. The molecule has 0 aliphatic carbocycles. The van der Waals surface area contributed by atoms with Gasteiger partial charge in [-0.3, -0.25) is 4.79 Å². The smallest absolute Gasteiger partial charge is 0.237 e. The number of anilines is 1. The lowest BCUT2D eigenvalue weighted by atomic mass is 10.1. The van der Waals surface area contributed by atoms with Crippen molar-refractivity contribution in [3.05, 3.63) is 65.7 Å². The van der Waals surface area contributed by atoms with Gasteiger partial charge in [0, 0.05) is 11.1 Å². The summed E-state index contributed by atoms with van der Waals surface area (Å²) >= 11 is 1.53. The topological polar surface area (TPSA) is 42.0 Å². The number of aryl methyl sites for hydroxylation is 2. The molecule has 1 amide bonds. The molecule has 3 aromatic rings. The SMILES string of the molecule is CCC(Sc1cc(C)c2cccc(C)c2n1)C(=O)Nc1ccccc1. The Morgan fingerprint density at radius 3 is 2.56 bits per heavy atom. The van der Waals surface area contributed by atoms with Crippen molar-refractivity contribution in [3.8, 4) is 0 Å². The maximum Gasteiger partial charge on any atom is 0.237 e. The van der Waals surface area contributed by atoms with E-state index in [1.54, 1.807) is 0 Å². The van der Waals surface area contributed by atoms with Crippen LogP contribution in [0.3, 0.4) is 0 Å². The van der Waals surface area contributed by atoms with E-state index < -0.39 is 0 Å². The highest BCUT2D eigenvalue weighted by Crippen LogP contribution is 2.29. The van der Waals surface area contributed by atoms with Gasteiger partial charge >= 0.3 is 0 Å². The van der Waals surface area contributed by atoms with Crippen LogP contribution in [-0.4, -0.2) is 16.1 Å². The second-order valence-corrected chi connectivity index (χ2v) is 7.34. The summed E-state index contributed by atoms with van der Waals surface area (Å²) in [6.07, 6.45) is 0.746. The number of hydrogen-bond acceptors (Lipinski definition) is 3. The summed E-state index contributed by atoms with van der Waals surface area (Å²) in [5.41, 5.74) is 4.19. The normalized spacial score (nSPS) is 12.1. The van der Waals surface area contributed by atoms with Crippen molar-refractivity contribution in [2.75, 3.05) is 5.32 Å². The van der Waals surface area contributed by atoms with Crippen molar-refractivity contribution in [1.82, 2.24) is 4.98 Å². The molecule has 1 unspecified atom stereocenters. The minimum absolute atomic E-state index is 0.0167. The molecule has 0 saturated carbocycles.